The lowest BCUT2D eigenvalue weighted by atomic mass is 10.3. The van der Waals surface area contributed by atoms with Crippen LogP contribution in [-0.2, 0) is 9.53 Å². The Balaban J connectivity index is 2.91. The fourth-order valence-corrected chi connectivity index (χ4v) is 3.20. The topological polar surface area (TPSA) is 56.6 Å². The monoisotopic (exact) mass is 337 g/mol. The highest BCUT2D eigenvalue weighted by molar-refractivity contribution is 8.24. The van der Waals surface area contributed by atoms with Gasteiger partial charge in [0.15, 0.2) is 0 Å². The van der Waals surface area contributed by atoms with Gasteiger partial charge in [0, 0.05) is 26.6 Å². The summed E-state index contributed by atoms with van der Waals surface area (Å²) in [6, 6.07) is 11.7. The third-order valence-electron chi connectivity index (χ3n) is 3.03. The zero-order valence-corrected chi connectivity index (χ0v) is 14.7. The maximum Gasteiger partial charge on any atom is 0.305 e. The van der Waals surface area contributed by atoms with Gasteiger partial charge in [0.1, 0.15) is 4.32 Å². The van der Waals surface area contributed by atoms with Gasteiger partial charge in [-0.25, -0.2) is 4.90 Å². The minimum Gasteiger partial charge on any atom is -0.434 e. The van der Waals surface area contributed by atoms with Gasteiger partial charge in [-0.1, -0.05) is 30.4 Å². The summed E-state index contributed by atoms with van der Waals surface area (Å²) in [4.78, 5) is 14.9. The van der Waals surface area contributed by atoms with E-state index in [9.17, 15) is 4.79 Å². The van der Waals surface area contributed by atoms with Gasteiger partial charge in [0.25, 0.3) is 0 Å². The van der Waals surface area contributed by atoms with E-state index in [2.05, 4.69) is 0 Å². The molecule has 1 unspecified atom stereocenters. The van der Waals surface area contributed by atoms with Gasteiger partial charge in [-0.15, -0.1) is 0 Å². The van der Waals surface area contributed by atoms with Crippen molar-refractivity contribution in [3.05, 3.63) is 30.3 Å². The highest BCUT2D eigenvalue weighted by Crippen LogP contribution is 2.33. The SMILES string of the molecule is CC(=O)OC(C)(SC(=S)N(C)c1ccccc1)N(C)CC#N. The van der Waals surface area contributed by atoms with Crippen LogP contribution >= 0.6 is 24.0 Å². The number of anilines is 1. The second-order valence-electron chi connectivity index (χ2n) is 4.77. The molecule has 0 amide bonds. The Labute approximate surface area is 140 Å². The molecule has 0 spiro atoms. The van der Waals surface area contributed by atoms with Crippen molar-refractivity contribution < 1.29 is 9.53 Å². The Morgan fingerprint density at radius 3 is 2.50 bits per heavy atom. The third kappa shape index (κ3) is 4.98. The molecule has 1 aromatic rings. The Morgan fingerprint density at radius 1 is 1.41 bits per heavy atom. The normalized spacial score (nSPS) is 13.1. The molecule has 1 rings (SSSR count). The van der Waals surface area contributed by atoms with E-state index in [4.69, 9.17) is 22.2 Å². The van der Waals surface area contributed by atoms with E-state index in [1.54, 1.807) is 18.9 Å². The number of carbonyl (C=O) groups is 1. The number of thiocarbonyl (C=S) groups is 1. The first-order valence-corrected chi connectivity index (χ1v) is 7.82. The van der Waals surface area contributed by atoms with Crippen LogP contribution in [0.4, 0.5) is 5.69 Å². The molecule has 0 saturated carbocycles. The molecule has 22 heavy (non-hydrogen) atoms. The van der Waals surface area contributed by atoms with Crippen LogP contribution in [0.2, 0.25) is 0 Å². The van der Waals surface area contributed by atoms with Crippen LogP contribution in [0.25, 0.3) is 0 Å². The largest absolute Gasteiger partial charge is 0.434 e. The minimum absolute atomic E-state index is 0.119. The van der Waals surface area contributed by atoms with Crippen molar-refractivity contribution in [2.45, 2.75) is 18.9 Å². The van der Waals surface area contributed by atoms with Crippen molar-refractivity contribution >= 4 is 40.0 Å². The van der Waals surface area contributed by atoms with Gasteiger partial charge < -0.3 is 9.64 Å². The first kappa shape index (κ1) is 18.4. The summed E-state index contributed by atoms with van der Waals surface area (Å²) < 4.78 is 5.93. The molecule has 0 saturated heterocycles. The molecule has 5 nitrogen and oxygen atoms in total. The lowest BCUT2D eigenvalue weighted by Crippen LogP contribution is -2.46. The Hall–Kier alpha value is -1.62. The zero-order valence-electron chi connectivity index (χ0n) is 13.1. The highest BCUT2D eigenvalue weighted by atomic mass is 32.2. The number of carbonyl (C=O) groups excluding carboxylic acids is 1. The van der Waals surface area contributed by atoms with Crippen LogP contribution in [0.1, 0.15) is 13.8 Å². The van der Waals surface area contributed by atoms with Crippen LogP contribution in [0.5, 0.6) is 0 Å². The van der Waals surface area contributed by atoms with Crippen molar-refractivity contribution in [2.75, 3.05) is 25.5 Å². The number of hydrogen-bond acceptors (Lipinski definition) is 6. The number of hydrogen-bond donors (Lipinski definition) is 0. The van der Waals surface area contributed by atoms with E-state index in [-0.39, 0.29) is 6.54 Å². The summed E-state index contributed by atoms with van der Waals surface area (Å²) in [5.74, 6) is -0.426. The number of rotatable bonds is 5. The predicted molar refractivity (Wildman–Crippen MR) is 93.4 cm³/mol. The fraction of sp³-hybridized carbons (Fsp3) is 0.400. The number of nitrogens with zero attached hydrogens (tertiary/aromatic N) is 3. The standard InChI is InChI=1S/C15H19N3O2S2/c1-12(19)20-15(2,17(3)11-10-16)22-14(21)18(4)13-8-6-5-7-9-13/h5-9H,11H2,1-4H3. The Bertz CT molecular complexity index is 574. The molecule has 0 fully saturated rings. The van der Waals surface area contributed by atoms with Crippen molar-refractivity contribution in [3.63, 3.8) is 0 Å². The van der Waals surface area contributed by atoms with Gasteiger partial charge in [-0.2, -0.15) is 5.26 Å². The van der Waals surface area contributed by atoms with Crippen LogP contribution in [0.3, 0.4) is 0 Å². The molecule has 0 bridgehead atoms. The van der Waals surface area contributed by atoms with Gasteiger partial charge in [-0.3, -0.25) is 4.79 Å². The van der Waals surface area contributed by atoms with Gasteiger partial charge in [0.05, 0.1) is 12.6 Å². The number of para-hydroxylation sites is 1. The van der Waals surface area contributed by atoms with Crippen LogP contribution in [0, 0.1) is 11.3 Å². The summed E-state index contributed by atoms with van der Waals surface area (Å²) >= 11 is 6.67. The van der Waals surface area contributed by atoms with Gasteiger partial charge in [0.2, 0.25) is 5.06 Å². The molecular weight excluding hydrogens is 318 g/mol. The molecule has 1 atom stereocenters. The maximum atomic E-state index is 11.4. The number of ether oxygens (including phenoxy) is 1. The molecule has 118 valence electrons. The Kier molecular flexibility index (Phi) is 6.81. The molecule has 0 N–H and O–H groups in total. The average molecular weight is 337 g/mol. The smallest absolute Gasteiger partial charge is 0.305 e. The van der Waals surface area contributed by atoms with Crippen molar-refractivity contribution in [3.8, 4) is 6.07 Å². The molecule has 7 heteroatoms. The average Bonchev–Trinajstić information content (AvgIpc) is 2.46. The van der Waals surface area contributed by atoms with Crippen molar-refractivity contribution in [1.82, 2.24) is 4.90 Å². The predicted octanol–water partition coefficient (Wildman–Crippen LogP) is 2.83. The van der Waals surface area contributed by atoms with E-state index in [1.807, 2.05) is 48.3 Å². The fourth-order valence-electron chi connectivity index (χ4n) is 1.68. The van der Waals surface area contributed by atoms with Crippen molar-refractivity contribution in [1.29, 1.82) is 5.26 Å². The minimum atomic E-state index is -1.04. The second kappa shape index (κ2) is 8.13. The second-order valence-corrected chi connectivity index (χ2v) is 6.76. The molecule has 0 radical (unpaired) electrons. The number of thioether (sulfide) groups is 1. The van der Waals surface area contributed by atoms with Crippen LogP contribution in [-0.4, -0.2) is 40.9 Å². The third-order valence-corrected chi connectivity index (χ3v) is 4.77. The van der Waals surface area contributed by atoms with Crippen LogP contribution in [0.15, 0.2) is 30.3 Å². The number of nitriles is 1. The van der Waals surface area contributed by atoms with Gasteiger partial charge in [-0.05, 0) is 30.9 Å². The van der Waals surface area contributed by atoms with Crippen molar-refractivity contribution in [2.24, 2.45) is 0 Å². The summed E-state index contributed by atoms with van der Waals surface area (Å²) in [7, 11) is 3.56. The lowest BCUT2D eigenvalue weighted by molar-refractivity contribution is -0.157. The number of esters is 1. The molecule has 0 aliphatic carbocycles. The first-order valence-electron chi connectivity index (χ1n) is 6.59. The first-order chi connectivity index (χ1) is 10.3. The van der Waals surface area contributed by atoms with E-state index >= 15 is 0 Å². The zero-order chi connectivity index (χ0) is 16.8. The molecule has 0 aliphatic rings. The lowest BCUT2D eigenvalue weighted by Gasteiger charge is -2.36. The highest BCUT2D eigenvalue weighted by Gasteiger charge is 2.36. The van der Waals surface area contributed by atoms with Crippen LogP contribution < -0.4 is 4.90 Å². The Morgan fingerprint density at radius 2 is 2.00 bits per heavy atom. The van der Waals surface area contributed by atoms with E-state index in [0.717, 1.165) is 5.69 Å². The van der Waals surface area contributed by atoms with E-state index in [0.29, 0.717) is 4.32 Å². The quantitative estimate of drug-likeness (QED) is 0.354. The molecular formula is C15H19N3O2S2. The summed E-state index contributed by atoms with van der Waals surface area (Å²) in [6.45, 7) is 3.18. The summed E-state index contributed by atoms with van der Waals surface area (Å²) in [6.07, 6.45) is 0. The molecule has 1 aromatic carbocycles. The van der Waals surface area contributed by atoms with E-state index < -0.39 is 11.0 Å². The van der Waals surface area contributed by atoms with E-state index in [1.165, 1.54) is 18.7 Å². The number of benzene rings is 1. The maximum absolute atomic E-state index is 11.4. The summed E-state index contributed by atoms with van der Waals surface area (Å²) in [5, 5.41) is 7.83. The van der Waals surface area contributed by atoms with Gasteiger partial charge >= 0.3 is 5.97 Å². The molecule has 0 aromatic heterocycles. The molecule has 0 aliphatic heterocycles. The summed E-state index contributed by atoms with van der Waals surface area (Å²) in [5.41, 5.74) is 0.938. The molecule has 0 heterocycles.